The van der Waals surface area contributed by atoms with Crippen LogP contribution in [0.5, 0.6) is 11.5 Å². The molecule has 1 amide bonds. The van der Waals surface area contributed by atoms with E-state index in [4.69, 9.17) is 9.47 Å². The van der Waals surface area contributed by atoms with Crippen LogP contribution in [0, 0.1) is 19.8 Å². The molecule has 0 radical (unpaired) electrons. The van der Waals surface area contributed by atoms with Gasteiger partial charge in [-0.1, -0.05) is 13.0 Å². The van der Waals surface area contributed by atoms with Gasteiger partial charge < -0.3 is 14.8 Å². The fourth-order valence-corrected chi connectivity index (χ4v) is 2.95. The molecule has 0 bridgehead atoms. The van der Waals surface area contributed by atoms with Crippen LogP contribution in [-0.4, -0.2) is 29.0 Å². The molecule has 1 aromatic heterocycles. The van der Waals surface area contributed by atoms with Crippen LogP contribution in [0.3, 0.4) is 0 Å². The lowest BCUT2D eigenvalue weighted by molar-refractivity contribution is -0.121. The summed E-state index contributed by atoms with van der Waals surface area (Å²) in [6.45, 7) is 7.89. The second kappa shape index (κ2) is 7.59. The van der Waals surface area contributed by atoms with Crippen molar-refractivity contribution in [2.75, 3.05) is 13.3 Å². The van der Waals surface area contributed by atoms with Gasteiger partial charge in [0.15, 0.2) is 11.5 Å². The molecule has 0 saturated carbocycles. The van der Waals surface area contributed by atoms with Crippen LogP contribution >= 0.6 is 0 Å². The van der Waals surface area contributed by atoms with Crippen molar-refractivity contribution in [3.05, 3.63) is 41.2 Å². The largest absolute Gasteiger partial charge is 0.454 e. The van der Waals surface area contributed by atoms with Crippen LogP contribution in [0.1, 0.15) is 30.3 Å². The molecule has 0 unspecified atom stereocenters. The minimum Gasteiger partial charge on any atom is -0.454 e. The number of aryl methyl sites for hydroxylation is 3. The molecule has 0 spiro atoms. The Labute approximate surface area is 148 Å². The second-order valence-electron chi connectivity index (χ2n) is 6.71. The molecule has 3 rings (SSSR count). The van der Waals surface area contributed by atoms with Crippen LogP contribution in [0.4, 0.5) is 0 Å². The first kappa shape index (κ1) is 17.3. The third-order valence-electron chi connectivity index (χ3n) is 4.31. The summed E-state index contributed by atoms with van der Waals surface area (Å²) in [5.74, 6) is 1.92. The number of carbonyl (C=O) groups excluding carboxylic acids is 1. The number of ether oxygens (including phenoxy) is 2. The van der Waals surface area contributed by atoms with Gasteiger partial charge in [-0.25, -0.2) is 0 Å². The van der Waals surface area contributed by atoms with Gasteiger partial charge in [-0.05, 0) is 49.9 Å². The van der Waals surface area contributed by atoms with Crippen molar-refractivity contribution in [2.24, 2.45) is 5.92 Å². The fraction of sp³-hybridized carbons (Fsp3) is 0.474. The number of fused-ring (bicyclic) bond motifs is 1. The standard InChI is InChI=1S/C19H25N3O3/c1-13(11-22-15(3)8-14(2)21-22)10-20-19(23)7-5-16-4-6-17-18(9-16)25-12-24-17/h4,6,8-9,13H,5,7,10-12H2,1-3H3,(H,20,23)/t13-/m1/s1. The summed E-state index contributed by atoms with van der Waals surface area (Å²) in [6.07, 6.45) is 1.15. The van der Waals surface area contributed by atoms with E-state index in [1.165, 1.54) is 0 Å². The SMILES string of the molecule is Cc1cc(C)n(C[C@H](C)CNC(=O)CCc2ccc3c(c2)OCO3)n1. The maximum atomic E-state index is 12.1. The zero-order valence-electron chi connectivity index (χ0n) is 15.0. The van der Waals surface area contributed by atoms with Gasteiger partial charge in [0.2, 0.25) is 12.7 Å². The van der Waals surface area contributed by atoms with Crippen molar-refractivity contribution in [1.29, 1.82) is 0 Å². The van der Waals surface area contributed by atoms with Crippen molar-refractivity contribution in [3.63, 3.8) is 0 Å². The molecule has 134 valence electrons. The summed E-state index contributed by atoms with van der Waals surface area (Å²) in [4.78, 5) is 12.1. The van der Waals surface area contributed by atoms with Crippen LogP contribution in [-0.2, 0) is 17.8 Å². The average Bonchev–Trinajstić information content (AvgIpc) is 3.16. The summed E-state index contributed by atoms with van der Waals surface area (Å²) >= 11 is 0. The molecular weight excluding hydrogens is 318 g/mol. The number of hydrogen-bond acceptors (Lipinski definition) is 4. The number of nitrogens with one attached hydrogen (secondary N) is 1. The molecule has 6 nitrogen and oxygen atoms in total. The summed E-state index contributed by atoms with van der Waals surface area (Å²) in [7, 11) is 0. The van der Waals surface area contributed by atoms with Gasteiger partial charge in [0.25, 0.3) is 0 Å². The smallest absolute Gasteiger partial charge is 0.231 e. The van der Waals surface area contributed by atoms with Crippen LogP contribution < -0.4 is 14.8 Å². The molecule has 1 N–H and O–H groups in total. The quantitative estimate of drug-likeness (QED) is 0.839. The van der Waals surface area contributed by atoms with E-state index < -0.39 is 0 Å². The van der Waals surface area contributed by atoms with Gasteiger partial charge in [0.1, 0.15) is 0 Å². The Morgan fingerprint density at radius 1 is 1.28 bits per heavy atom. The number of aromatic nitrogens is 2. The number of rotatable bonds is 7. The Morgan fingerprint density at radius 3 is 2.84 bits per heavy atom. The number of amides is 1. The molecule has 0 aliphatic carbocycles. The van der Waals surface area contributed by atoms with E-state index in [1.54, 1.807) is 0 Å². The molecule has 0 fully saturated rings. The molecule has 2 aromatic rings. The van der Waals surface area contributed by atoms with Crippen LogP contribution in [0.15, 0.2) is 24.3 Å². The summed E-state index contributed by atoms with van der Waals surface area (Å²) in [5.41, 5.74) is 3.26. The van der Waals surface area contributed by atoms with Gasteiger partial charge in [0, 0.05) is 25.2 Å². The van der Waals surface area contributed by atoms with E-state index in [1.807, 2.05) is 29.8 Å². The topological polar surface area (TPSA) is 65.4 Å². The molecule has 2 heterocycles. The van der Waals surface area contributed by atoms with Crippen LogP contribution in [0.2, 0.25) is 0 Å². The van der Waals surface area contributed by atoms with Crippen molar-refractivity contribution in [2.45, 2.75) is 40.2 Å². The summed E-state index contributed by atoms with van der Waals surface area (Å²) in [6, 6.07) is 7.88. The molecule has 1 aliphatic rings. The first-order valence-electron chi connectivity index (χ1n) is 8.67. The number of benzene rings is 1. The highest BCUT2D eigenvalue weighted by molar-refractivity contribution is 5.76. The molecule has 6 heteroatoms. The van der Waals surface area contributed by atoms with E-state index in [-0.39, 0.29) is 12.7 Å². The second-order valence-corrected chi connectivity index (χ2v) is 6.71. The van der Waals surface area contributed by atoms with E-state index in [2.05, 4.69) is 30.3 Å². The van der Waals surface area contributed by atoms with Crippen LogP contribution in [0.25, 0.3) is 0 Å². The molecule has 0 saturated heterocycles. The van der Waals surface area contributed by atoms with Crippen molar-refractivity contribution in [1.82, 2.24) is 15.1 Å². The van der Waals surface area contributed by atoms with Crippen molar-refractivity contribution < 1.29 is 14.3 Å². The van der Waals surface area contributed by atoms with E-state index in [0.29, 0.717) is 25.3 Å². The zero-order chi connectivity index (χ0) is 17.8. The lowest BCUT2D eigenvalue weighted by atomic mass is 10.1. The van der Waals surface area contributed by atoms with Gasteiger partial charge in [-0.15, -0.1) is 0 Å². The molecule has 1 aliphatic heterocycles. The maximum Gasteiger partial charge on any atom is 0.231 e. The minimum absolute atomic E-state index is 0.0675. The Morgan fingerprint density at radius 2 is 2.08 bits per heavy atom. The number of nitrogens with zero attached hydrogens (tertiary/aromatic N) is 2. The third kappa shape index (κ3) is 4.53. The highest BCUT2D eigenvalue weighted by Gasteiger charge is 2.14. The van der Waals surface area contributed by atoms with E-state index in [0.717, 1.165) is 35.0 Å². The molecule has 25 heavy (non-hydrogen) atoms. The van der Waals surface area contributed by atoms with Gasteiger partial charge in [0.05, 0.1) is 5.69 Å². The van der Waals surface area contributed by atoms with Gasteiger partial charge >= 0.3 is 0 Å². The number of hydrogen-bond donors (Lipinski definition) is 1. The van der Waals surface area contributed by atoms with E-state index in [9.17, 15) is 4.79 Å². The summed E-state index contributed by atoms with van der Waals surface area (Å²) < 4.78 is 12.7. The predicted octanol–water partition coefficient (Wildman–Crippen LogP) is 2.61. The Bertz CT molecular complexity index is 754. The lowest BCUT2D eigenvalue weighted by Crippen LogP contribution is -2.30. The first-order valence-corrected chi connectivity index (χ1v) is 8.67. The first-order chi connectivity index (χ1) is 12.0. The lowest BCUT2D eigenvalue weighted by Gasteiger charge is -2.14. The summed E-state index contributed by atoms with van der Waals surface area (Å²) in [5, 5.41) is 7.48. The highest BCUT2D eigenvalue weighted by Crippen LogP contribution is 2.32. The highest BCUT2D eigenvalue weighted by atomic mass is 16.7. The third-order valence-corrected chi connectivity index (χ3v) is 4.31. The van der Waals surface area contributed by atoms with Crippen molar-refractivity contribution in [3.8, 4) is 11.5 Å². The monoisotopic (exact) mass is 343 g/mol. The average molecular weight is 343 g/mol. The predicted molar refractivity (Wildman–Crippen MR) is 94.8 cm³/mol. The fourth-order valence-electron chi connectivity index (χ4n) is 2.95. The van der Waals surface area contributed by atoms with Gasteiger partial charge in [-0.3, -0.25) is 9.48 Å². The normalized spacial score (nSPS) is 13.7. The molecule has 1 atom stereocenters. The zero-order valence-corrected chi connectivity index (χ0v) is 15.0. The number of carbonyl (C=O) groups is 1. The Kier molecular flexibility index (Phi) is 5.26. The Hall–Kier alpha value is -2.50. The maximum absolute atomic E-state index is 12.1. The molecular formula is C19H25N3O3. The minimum atomic E-state index is 0.0675. The van der Waals surface area contributed by atoms with Crippen molar-refractivity contribution >= 4 is 5.91 Å². The van der Waals surface area contributed by atoms with Gasteiger partial charge in [-0.2, -0.15) is 5.10 Å². The Balaban J connectivity index is 1.41. The molecule has 1 aromatic carbocycles. The van der Waals surface area contributed by atoms with E-state index >= 15 is 0 Å².